The van der Waals surface area contributed by atoms with E-state index in [1.165, 1.54) is 0 Å². The molecule has 0 spiro atoms. The van der Waals surface area contributed by atoms with Crippen molar-refractivity contribution < 1.29 is 37.8 Å². The van der Waals surface area contributed by atoms with Gasteiger partial charge in [-0.15, -0.1) is 0 Å². The van der Waals surface area contributed by atoms with E-state index in [1.807, 2.05) is 0 Å². The molecule has 0 unspecified atom stereocenters. The third-order valence-corrected chi connectivity index (χ3v) is 0. The second-order valence-electron chi connectivity index (χ2n) is 0. The molecule has 0 fully saturated rings. The Morgan fingerprint density at radius 2 is 1.00 bits per heavy atom. The molecule has 0 aromatic heterocycles. The summed E-state index contributed by atoms with van der Waals surface area (Å²) in [5, 5.41) is 0. The second kappa shape index (κ2) is 34.8. The van der Waals surface area contributed by atoms with Crippen LogP contribution in [0, 0.1) is 0 Å². The predicted molar refractivity (Wildman–Crippen MR) is 8.14 cm³/mol. The Labute approximate surface area is 50.5 Å². The number of hydrogen-bond donors (Lipinski definition) is 0. The molecule has 4 heavy (non-hydrogen) atoms. The van der Waals surface area contributed by atoms with Crippen LogP contribution < -0.4 is 0 Å². The minimum atomic E-state index is 0. The average Bonchev–Trinajstić information content (AvgIpc) is 1.00. The van der Waals surface area contributed by atoms with Crippen molar-refractivity contribution >= 4 is 12.5 Å². The summed E-state index contributed by atoms with van der Waals surface area (Å²) in [5.74, 6) is 0. The van der Waals surface area contributed by atoms with Crippen molar-refractivity contribution in [3.8, 4) is 0 Å². The van der Waals surface area contributed by atoms with Gasteiger partial charge in [0.1, 0.15) is 0 Å². The van der Waals surface area contributed by atoms with Crippen LogP contribution in [0.3, 0.4) is 0 Å². The quantitative estimate of drug-likeness (QED) is 0.489. The van der Waals surface area contributed by atoms with Gasteiger partial charge in [0.25, 0.3) is 0 Å². The maximum atomic E-state index is 7.83. The van der Waals surface area contributed by atoms with Gasteiger partial charge in [0.05, 0.1) is 0 Å². The van der Waals surface area contributed by atoms with Crippen molar-refractivity contribution in [2.75, 3.05) is 0 Å². The topological polar surface area (TPSA) is 17.1 Å². The molecule has 0 saturated carbocycles. The first-order chi connectivity index (χ1) is 1.00. The summed E-state index contributed by atoms with van der Waals surface area (Å²) in [6, 6.07) is 0. The first kappa shape index (κ1) is 19.8. The SMILES string of the molecule is O=S.[Co].[Co]. The van der Waals surface area contributed by atoms with Crippen molar-refractivity contribution in [3.63, 3.8) is 0 Å². The van der Waals surface area contributed by atoms with E-state index >= 15 is 0 Å². The van der Waals surface area contributed by atoms with Crippen LogP contribution in [-0.4, -0.2) is 4.21 Å². The predicted octanol–water partition coefficient (Wildman–Crippen LogP) is -0.341. The van der Waals surface area contributed by atoms with Gasteiger partial charge in [-0.25, -0.2) is 0 Å². The molecule has 0 amide bonds. The summed E-state index contributed by atoms with van der Waals surface area (Å²) < 4.78 is 7.83. The van der Waals surface area contributed by atoms with Crippen LogP contribution in [0.1, 0.15) is 0 Å². The molecule has 1 nitrogen and oxygen atoms in total. The normalized spacial score (nSPS) is 1.00. The largest absolute Gasteiger partial charge is 0.197 e. The van der Waals surface area contributed by atoms with E-state index in [4.69, 9.17) is 4.21 Å². The van der Waals surface area contributed by atoms with Crippen LogP contribution in [0.2, 0.25) is 0 Å². The zero-order valence-electron chi connectivity index (χ0n) is 1.48. The van der Waals surface area contributed by atoms with Crippen LogP contribution in [0.15, 0.2) is 0 Å². The summed E-state index contributed by atoms with van der Waals surface area (Å²) in [6.07, 6.45) is 0. The number of hydrogen-bond acceptors (Lipinski definition) is 2. The van der Waals surface area contributed by atoms with Crippen LogP contribution in [0.25, 0.3) is 0 Å². The Balaban J connectivity index is -0.00000000500. The van der Waals surface area contributed by atoms with Gasteiger partial charge < -0.3 is 0 Å². The van der Waals surface area contributed by atoms with E-state index in [0.717, 1.165) is 0 Å². The Morgan fingerprint density at radius 1 is 1.00 bits per heavy atom. The van der Waals surface area contributed by atoms with Crippen molar-refractivity contribution in [2.24, 2.45) is 0 Å². The Morgan fingerprint density at radius 3 is 1.00 bits per heavy atom. The van der Waals surface area contributed by atoms with E-state index in [-0.39, 0.29) is 33.6 Å². The summed E-state index contributed by atoms with van der Waals surface area (Å²) in [6.45, 7) is 0. The van der Waals surface area contributed by atoms with E-state index in [9.17, 15) is 0 Å². The van der Waals surface area contributed by atoms with Gasteiger partial charge in [-0.3, -0.25) is 0 Å². The minimum Gasteiger partial charge on any atom is -0.197 e. The minimum absolute atomic E-state index is 0. The van der Waals surface area contributed by atoms with Gasteiger partial charge in [0, 0.05) is 33.6 Å². The van der Waals surface area contributed by atoms with Gasteiger partial charge in [-0.1, -0.05) is 0 Å². The maximum Gasteiger partial charge on any atom is 0.197 e. The van der Waals surface area contributed by atoms with Gasteiger partial charge in [0.2, 0.25) is 0 Å². The molecule has 0 bridgehead atoms. The molecule has 0 atom stereocenters. The molecule has 0 aliphatic heterocycles. The molecule has 0 aromatic rings. The molecule has 4 heteroatoms. The molecule has 0 saturated heterocycles. The first-order valence-corrected chi connectivity index (χ1v) is 0.500. The van der Waals surface area contributed by atoms with Gasteiger partial charge >= 0.3 is 0 Å². The monoisotopic (exact) mass is 166 g/mol. The van der Waals surface area contributed by atoms with Crippen molar-refractivity contribution in [3.05, 3.63) is 0 Å². The van der Waals surface area contributed by atoms with Crippen LogP contribution >= 0.6 is 0 Å². The van der Waals surface area contributed by atoms with Crippen LogP contribution in [0.5, 0.6) is 0 Å². The summed E-state index contributed by atoms with van der Waals surface area (Å²) in [7, 11) is 0. The summed E-state index contributed by atoms with van der Waals surface area (Å²) in [5.41, 5.74) is 0. The molecular formula is Co2OS. The Hall–Kier alpha value is 1.03. The van der Waals surface area contributed by atoms with Crippen LogP contribution in [-0.2, 0) is 46.1 Å². The third kappa shape index (κ3) is 11.7. The van der Waals surface area contributed by atoms with E-state index in [2.05, 4.69) is 12.5 Å². The fourth-order valence-electron chi connectivity index (χ4n) is 0. The maximum absolute atomic E-state index is 7.83. The van der Waals surface area contributed by atoms with E-state index in [0.29, 0.717) is 0 Å². The van der Waals surface area contributed by atoms with E-state index in [1.54, 1.807) is 0 Å². The van der Waals surface area contributed by atoms with E-state index < -0.39 is 0 Å². The summed E-state index contributed by atoms with van der Waals surface area (Å²) >= 11 is 2.83. The Kier molecular flexibility index (Phi) is 172. The summed E-state index contributed by atoms with van der Waals surface area (Å²) in [4.78, 5) is 0. The molecular weight excluding hydrogens is 166 g/mol. The smallest absolute Gasteiger partial charge is 0.197 e. The first-order valence-electron chi connectivity index (χ1n) is 0.167. The third-order valence-electron chi connectivity index (χ3n) is 0. The molecule has 0 aliphatic rings. The van der Waals surface area contributed by atoms with Crippen LogP contribution in [0.4, 0.5) is 0 Å². The van der Waals surface area contributed by atoms with Gasteiger partial charge in [-0.05, 0) is 0 Å². The van der Waals surface area contributed by atoms with Crippen molar-refractivity contribution in [1.29, 1.82) is 0 Å². The van der Waals surface area contributed by atoms with Gasteiger partial charge in [-0.2, -0.15) is 4.21 Å². The fourth-order valence-corrected chi connectivity index (χ4v) is 0. The Bertz CT molecular complexity index is 6.00. The molecule has 0 aromatic carbocycles. The average molecular weight is 166 g/mol. The second-order valence-corrected chi connectivity index (χ2v) is 0. The molecule has 0 N–H and O–H groups in total. The molecule has 30 valence electrons. The van der Waals surface area contributed by atoms with Crippen molar-refractivity contribution in [1.82, 2.24) is 0 Å². The fraction of sp³-hybridized carbons (Fsp3) is 0. The van der Waals surface area contributed by atoms with Crippen molar-refractivity contribution in [2.45, 2.75) is 0 Å². The zero-order chi connectivity index (χ0) is 2.00. The molecule has 0 rings (SSSR count). The molecule has 2 radical (unpaired) electrons. The zero-order valence-corrected chi connectivity index (χ0v) is 4.38. The standard InChI is InChI=1S/2Co.OS/c;;1-2. The van der Waals surface area contributed by atoms with Gasteiger partial charge in [0.15, 0.2) is 12.5 Å². The number of rotatable bonds is 0. The molecule has 0 heterocycles. The molecule has 0 aliphatic carbocycles.